The first-order valence-corrected chi connectivity index (χ1v) is 8.27. The molecule has 3 heterocycles. The van der Waals surface area contributed by atoms with Crippen LogP contribution in [0.5, 0.6) is 5.88 Å². The number of hydrogen-bond donors (Lipinski definition) is 2. The first kappa shape index (κ1) is 17.0. The minimum Gasteiger partial charge on any atom is -0.475 e. The fourth-order valence-corrected chi connectivity index (χ4v) is 2.72. The molecule has 1 aliphatic heterocycles. The zero-order chi connectivity index (χ0) is 18.0. The number of anilines is 2. The average molecular weight is 345 g/mol. The largest absolute Gasteiger partial charge is 0.475 e. The summed E-state index contributed by atoms with van der Waals surface area (Å²) in [7, 11) is 0. The predicted octanol–water partition coefficient (Wildman–Crippen LogP) is 0.699. The van der Waals surface area contributed by atoms with Crippen LogP contribution in [0, 0.1) is 0 Å². The van der Waals surface area contributed by atoms with Crippen molar-refractivity contribution in [3.63, 3.8) is 0 Å². The molecular formula is C16H23N7O2. The van der Waals surface area contributed by atoms with E-state index in [1.54, 1.807) is 6.07 Å². The molecule has 0 unspecified atom stereocenters. The lowest BCUT2D eigenvalue weighted by molar-refractivity contribution is -0.119. The first-order chi connectivity index (χ1) is 11.9. The van der Waals surface area contributed by atoms with Crippen LogP contribution in [-0.2, 0) is 24.4 Å². The molecule has 1 aliphatic rings. The van der Waals surface area contributed by atoms with Crippen molar-refractivity contribution < 1.29 is 9.53 Å². The molecule has 25 heavy (non-hydrogen) atoms. The number of aromatic nitrogens is 4. The Kier molecular flexibility index (Phi) is 4.73. The number of carbonyl (C=O) groups excluding carboxylic acids is 1. The van der Waals surface area contributed by atoms with Gasteiger partial charge in [-0.15, -0.1) is 0 Å². The Morgan fingerprint density at radius 3 is 2.88 bits per heavy atom. The van der Waals surface area contributed by atoms with E-state index in [4.69, 9.17) is 10.5 Å². The highest BCUT2D eigenvalue weighted by Gasteiger charge is 2.21. The van der Waals surface area contributed by atoms with Gasteiger partial charge in [0.2, 0.25) is 17.7 Å². The SMILES string of the molecule is CC(=O)NCc1cc2n(n1)CCN(c1cc(OC(C)C)nc(N)n1)C2. The van der Waals surface area contributed by atoms with Crippen LogP contribution in [0.4, 0.5) is 11.8 Å². The summed E-state index contributed by atoms with van der Waals surface area (Å²) in [6.45, 7) is 7.95. The molecule has 0 fully saturated rings. The summed E-state index contributed by atoms with van der Waals surface area (Å²) in [5.74, 6) is 1.34. The lowest BCUT2D eigenvalue weighted by Crippen LogP contribution is -2.34. The van der Waals surface area contributed by atoms with Crippen LogP contribution in [0.3, 0.4) is 0 Å². The quantitative estimate of drug-likeness (QED) is 0.820. The van der Waals surface area contributed by atoms with E-state index in [9.17, 15) is 4.79 Å². The lowest BCUT2D eigenvalue weighted by Gasteiger charge is -2.28. The summed E-state index contributed by atoms with van der Waals surface area (Å²) in [6, 6.07) is 3.80. The molecule has 3 rings (SSSR count). The molecule has 0 saturated carbocycles. The molecule has 0 radical (unpaired) electrons. The zero-order valence-corrected chi connectivity index (χ0v) is 14.7. The molecule has 2 aromatic rings. The highest BCUT2D eigenvalue weighted by atomic mass is 16.5. The van der Waals surface area contributed by atoms with Gasteiger partial charge in [-0.2, -0.15) is 15.1 Å². The smallest absolute Gasteiger partial charge is 0.225 e. The Hall–Kier alpha value is -2.84. The summed E-state index contributed by atoms with van der Waals surface area (Å²) in [5, 5.41) is 7.28. The number of fused-ring (bicyclic) bond motifs is 1. The summed E-state index contributed by atoms with van der Waals surface area (Å²) >= 11 is 0. The Balaban J connectivity index is 1.76. The third-order valence-electron chi connectivity index (χ3n) is 3.75. The standard InChI is InChI=1S/C16H23N7O2/c1-10(2)25-15-7-14(19-16(17)20-15)22-4-5-23-13(9-22)6-12(21-23)8-18-11(3)24/h6-7,10H,4-5,8-9H2,1-3H3,(H,18,24)(H2,17,19,20). The van der Waals surface area contributed by atoms with Crippen LogP contribution < -0.4 is 20.7 Å². The van der Waals surface area contributed by atoms with Crippen LogP contribution in [-0.4, -0.2) is 38.3 Å². The molecule has 3 N–H and O–H groups in total. The van der Waals surface area contributed by atoms with Gasteiger partial charge in [0.25, 0.3) is 0 Å². The Labute approximate surface area is 146 Å². The van der Waals surface area contributed by atoms with Gasteiger partial charge >= 0.3 is 0 Å². The minimum atomic E-state index is -0.0678. The molecule has 1 amide bonds. The number of hydrogen-bond acceptors (Lipinski definition) is 7. The van der Waals surface area contributed by atoms with Crippen LogP contribution in [0.2, 0.25) is 0 Å². The van der Waals surface area contributed by atoms with Gasteiger partial charge in [-0.1, -0.05) is 0 Å². The molecule has 0 bridgehead atoms. The van der Waals surface area contributed by atoms with E-state index in [-0.39, 0.29) is 18.0 Å². The van der Waals surface area contributed by atoms with Crippen molar-refractivity contribution in [1.29, 1.82) is 0 Å². The van der Waals surface area contributed by atoms with E-state index in [1.807, 2.05) is 24.6 Å². The van der Waals surface area contributed by atoms with Crippen LogP contribution in [0.1, 0.15) is 32.2 Å². The molecule has 0 saturated heterocycles. The van der Waals surface area contributed by atoms with Crippen molar-refractivity contribution in [3.05, 3.63) is 23.5 Å². The second-order valence-corrected chi connectivity index (χ2v) is 6.27. The van der Waals surface area contributed by atoms with Gasteiger partial charge in [0.15, 0.2) is 0 Å². The van der Waals surface area contributed by atoms with E-state index in [0.29, 0.717) is 19.0 Å². The van der Waals surface area contributed by atoms with E-state index in [1.165, 1.54) is 6.92 Å². The summed E-state index contributed by atoms with van der Waals surface area (Å²) in [5.41, 5.74) is 7.73. The average Bonchev–Trinajstić information content (AvgIpc) is 2.93. The summed E-state index contributed by atoms with van der Waals surface area (Å²) in [4.78, 5) is 21.6. The first-order valence-electron chi connectivity index (χ1n) is 8.27. The Morgan fingerprint density at radius 1 is 1.36 bits per heavy atom. The van der Waals surface area contributed by atoms with Gasteiger partial charge in [-0.3, -0.25) is 9.48 Å². The zero-order valence-electron chi connectivity index (χ0n) is 14.7. The fourth-order valence-electron chi connectivity index (χ4n) is 2.72. The van der Waals surface area contributed by atoms with Crippen molar-refractivity contribution in [2.45, 2.75) is 46.5 Å². The van der Waals surface area contributed by atoms with Crippen molar-refractivity contribution in [3.8, 4) is 5.88 Å². The third-order valence-corrected chi connectivity index (χ3v) is 3.75. The maximum Gasteiger partial charge on any atom is 0.225 e. The molecule has 0 atom stereocenters. The van der Waals surface area contributed by atoms with Crippen molar-refractivity contribution in [2.24, 2.45) is 0 Å². The van der Waals surface area contributed by atoms with E-state index >= 15 is 0 Å². The van der Waals surface area contributed by atoms with Gasteiger partial charge in [0.1, 0.15) is 5.82 Å². The van der Waals surface area contributed by atoms with Gasteiger partial charge < -0.3 is 20.7 Å². The van der Waals surface area contributed by atoms with Crippen molar-refractivity contribution in [1.82, 2.24) is 25.1 Å². The number of nitrogens with one attached hydrogen (secondary N) is 1. The van der Waals surface area contributed by atoms with E-state index in [0.717, 1.165) is 30.3 Å². The Morgan fingerprint density at radius 2 is 2.16 bits per heavy atom. The predicted molar refractivity (Wildman–Crippen MR) is 93.0 cm³/mol. The van der Waals surface area contributed by atoms with E-state index in [2.05, 4.69) is 25.3 Å². The van der Waals surface area contributed by atoms with Crippen LogP contribution >= 0.6 is 0 Å². The second-order valence-electron chi connectivity index (χ2n) is 6.27. The highest BCUT2D eigenvalue weighted by molar-refractivity contribution is 5.72. The summed E-state index contributed by atoms with van der Waals surface area (Å²) in [6.07, 6.45) is 0.0151. The van der Waals surface area contributed by atoms with Crippen molar-refractivity contribution in [2.75, 3.05) is 17.2 Å². The number of rotatable bonds is 5. The maximum absolute atomic E-state index is 11.0. The van der Waals surface area contributed by atoms with Gasteiger partial charge in [-0.05, 0) is 19.9 Å². The molecule has 134 valence electrons. The Bertz CT molecular complexity index is 772. The number of amides is 1. The van der Waals surface area contributed by atoms with Gasteiger partial charge in [0, 0.05) is 19.5 Å². The van der Waals surface area contributed by atoms with Gasteiger partial charge in [-0.25, -0.2) is 0 Å². The number of ether oxygens (including phenoxy) is 1. The van der Waals surface area contributed by atoms with Crippen LogP contribution in [0.25, 0.3) is 0 Å². The fraction of sp³-hybridized carbons (Fsp3) is 0.500. The molecule has 0 aromatic carbocycles. The molecule has 9 nitrogen and oxygen atoms in total. The topological polar surface area (TPSA) is 111 Å². The molecular weight excluding hydrogens is 322 g/mol. The third kappa shape index (κ3) is 4.17. The maximum atomic E-state index is 11.0. The van der Waals surface area contributed by atoms with E-state index < -0.39 is 0 Å². The van der Waals surface area contributed by atoms with Gasteiger partial charge in [0.05, 0.1) is 37.1 Å². The molecule has 2 aromatic heterocycles. The lowest BCUT2D eigenvalue weighted by atomic mass is 10.2. The summed E-state index contributed by atoms with van der Waals surface area (Å²) < 4.78 is 7.60. The number of carbonyl (C=O) groups is 1. The minimum absolute atomic E-state index is 0.0151. The molecule has 0 aliphatic carbocycles. The second kappa shape index (κ2) is 6.96. The molecule has 9 heteroatoms. The van der Waals surface area contributed by atoms with Crippen LogP contribution in [0.15, 0.2) is 12.1 Å². The van der Waals surface area contributed by atoms with Crippen molar-refractivity contribution >= 4 is 17.7 Å². The normalized spacial score (nSPS) is 13.7. The molecule has 0 spiro atoms. The highest BCUT2D eigenvalue weighted by Crippen LogP contribution is 2.24. The number of nitrogens with zero attached hydrogens (tertiary/aromatic N) is 5. The monoisotopic (exact) mass is 345 g/mol. The number of nitrogens with two attached hydrogens (primary N) is 1. The number of nitrogen functional groups attached to an aromatic ring is 1.